The molecule has 0 aliphatic carbocycles. The lowest BCUT2D eigenvalue weighted by molar-refractivity contribution is 0.0710. The Bertz CT molecular complexity index is 462. The summed E-state index contributed by atoms with van der Waals surface area (Å²) in [5.74, 6) is 0.696. The molecule has 1 aromatic heterocycles. The van der Waals surface area contributed by atoms with Crippen molar-refractivity contribution in [2.45, 2.75) is 39.7 Å². The van der Waals surface area contributed by atoms with Crippen LogP contribution in [0.5, 0.6) is 0 Å². The number of nitriles is 1. The van der Waals surface area contributed by atoms with Crippen molar-refractivity contribution in [3.8, 4) is 6.07 Å². The number of nitrogens with one attached hydrogen (secondary N) is 1. The van der Waals surface area contributed by atoms with Gasteiger partial charge in [-0.05, 0) is 32.4 Å². The monoisotopic (exact) mass is 274 g/mol. The van der Waals surface area contributed by atoms with Gasteiger partial charge in [0.2, 0.25) is 0 Å². The fraction of sp³-hybridized carbons (Fsp3) is 0.533. The molecule has 0 saturated carbocycles. The fourth-order valence-electron chi connectivity index (χ4n) is 1.81. The SMILES string of the molecule is CCCNc1ccc(C(=O)N(CCC#N)C(C)C)cn1. The van der Waals surface area contributed by atoms with Crippen molar-refractivity contribution in [3.05, 3.63) is 23.9 Å². The first-order valence-corrected chi connectivity index (χ1v) is 6.98. The van der Waals surface area contributed by atoms with Gasteiger partial charge in [-0.3, -0.25) is 4.79 Å². The topological polar surface area (TPSA) is 69.0 Å². The van der Waals surface area contributed by atoms with Crippen molar-refractivity contribution in [1.82, 2.24) is 9.88 Å². The highest BCUT2D eigenvalue weighted by Gasteiger charge is 2.18. The predicted octanol–water partition coefficient (Wildman–Crippen LogP) is 2.67. The number of hydrogen-bond donors (Lipinski definition) is 1. The van der Waals surface area contributed by atoms with E-state index in [9.17, 15) is 4.79 Å². The molecule has 0 aromatic carbocycles. The summed E-state index contributed by atoms with van der Waals surface area (Å²) >= 11 is 0. The number of anilines is 1. The van der Waals surface area contributed by atoms with Gasteiger partial charge in [-0.1, -0.05) is 6.92 Å². The molecule has 0 spiro atoms. The zero-order valence-corrected chi connectivity index (χ0v) is 12.4. The molecule has 0 aliphatic heterocycles. The zero-order valence-electron chi connectivity index (χ0n) is 12.4. The van der Waals surface area contributed by atoms with Gasteiger partial charge in [0, 0.05) is 25.3 Å². The van der Waals surface area contributed by atoms with Crippen molar-refractivity contribution in [2.24, 2.45) is 0 Å². The molecular weight excluding hydrogens is 252 g/mol. The molecule has 0 fully saturated rings. The van der Waals surface area contributed by atoms with Gasteiger partial charge in [-0.25, -0.2) is 4.98 Å². The number of hydrogen-bond acceptors (Lipinski definition) is 4. The zero-order chi connectivity index (χ0) is 15.0. The number of carbonyl (C=O) groups is 1. The van der Waals surface area contributed by atoms with Gasteiger partial charge in [0.05, 0.1) is 18.1 Å². The van der Waals surface area contributed by atoms with Crippen LogP contribution >= 0.6 is 0 Å². The lowest BCUT2D eigenvalue weighted by Crippen LogP contribution is -2.37. The maximum Gasteiger partial charge on any atom is 0.255 e. The molecule has 0 atom stereocenters. The molecule has 5 nitrogen and oxygen atoms in total. The number of aromatic nitrogens is 1. The molecule has 108 valence electrons. The Kier molecular flexibility index (Phi) is 6.51. The van der Waals surface area contributed by atoms with Crippen LogP contribution in [0, 0.1) is 11.3 Å². The van der Waals surface area contributed by atoms with Gasteiger partial charge >= 0.3 is 0 Å². The lowest BCUT2D eigenvalue weighted by Gasteiger charge is -2.25. The van der Waals surface area contributed by atoms with Crippen LogP contribution in [-0.2, 0) is 0 Å². The van der Waals surface area contributed by atoms with E-state index in [1.807, 2.05) is 19.9 Å². The van der Waals surface area contributed by atoms with E-state index in [-0.39, 0.29) is 11.9 Å². The maximum absolute atomic E-state index is 12.4. The molecule has 1 aromatic rings. The summed E-state index contributed by atoms with van der Waals surface area (Å²) < 4.78 is 0. The Balaban J connectivity index is 2.76. The summed E-state index contributed by atoms with van der Waals surface area (Å²) in [4.78, 5) is 18.3. The van der Waals surface area contributed by atoms with Crippen LogP contribution in [0.2, 0.25) is 0 Å². The molecule has 0 radical (unpaired) electrons. The molecule has 1 heterocycles. The summed E-state index contributed by atoms with van der Waals surface area (Å²) in [6, 6.07) is 5.72. The highest BCUT2D eigenvalue weighted by atomic mass is 16.2. The van der Waals surface area contributed by atoms with Crippen LogP contribution < -0.4 is 5.32 Å². The first-order valence-electron chi connectivity index (χ1n) is 6.98. The highest BCUT2D eigenvalue weighted by molar-refractivity contribution is 5.94. The van der Waals surface area contributed by atoms with E-state index in [4.69, 9.17) is 5.26 Å². The minimum absolute atomic E-state index is 0.0637. The van der Waals surface area contributed by atoms with E-state index in [1.165, 1.54) is 0 Å². The van der Waals surface area contributed by atoms with E-state index < -0.39 is 0 Å². The van der Waals surface area contributed by atoms with Gasteiger partial charge in [-0.2, -0.15) is 5.26 Å². The average Bonchev–Trinajstić information content (AvgIpc) is 2.45. The number of amides is 1. The van der Waals surface area contributed by atoms with E-state index in [0.29, 0.717) is 18.5 Å². The summed E-state index contributed by atoms with van der Waals surface area (Å²) in [7, 11) is 0. The van der Waals surface area contributed by atoms with Crippen LogP contribution in [0.15, 0.2) is 18.3 Å². The third kappa shape index (κ3) is 4.54. The predicted molar refractivity (Wildman–Crippen MR) is 79.4 cm³/mol. The molecule has 0 aliphatic rings. The van der Waals surface area contributed by atoms with Crippen molar-refractivity contribution < 1.29 is 4.79 Å². The lowest BCUT2D eigenvalue weighted by atomic mass is 10.2. The van der Waals surface area contributed by atoms with Crippen LogP contribution in [0.3, 0.4) is 0 Å². The van der Waals surface area contributed by atoms with Gasteiger partial charge in [-0.15, -0.1) is 0 Å². The molecule has 1 N–H and O–H groups in total. The standard InChI is InChI=1S/C15H22N4O/c1-4-9-17-14-7-6-13(11-18-14)15(20)19(12(2)3)10-5-8-16/h6-7,11-12H,4-5,9-10H2,1-3H3,(H,17,18). The Morgan fingerprint density at radius 1 is 1.50 bits per heavy atom. The molecule has 0 bridgehead atoms. The summed E-state index contributed by atoms with van der Waals surface area (Å²) in [6.07, 6.45) is 2.95. The maximum atomic E-state index is 12.4. The van der Waals surface area contributed by atoms with E-state index >= 15 is 0 Å². The summed E-state index contributed by atoms with van der Waals surface area (Å²) in [5.41, 5.74) is 0.554. The second-order valence-corrected chi connectivity index (χ2v) is 4.86. The van der Waals surface area contributed by atoms with Crippen molar-refractivity contribution in [3.63, 3.8) is 0 Å². The first kappa shape index (κ1) is 16.0. The Labute approximate surface area is 120 Å². The number of pyridine rings is 1. The third-order valence-corrected chi connectivity index (χ3v) is 2.92. The van der Waals surface area contributed by atoms with Crippen LogP contribution in [-0.4, -0.2) is 34.9 Å². The summed E-state index contributed by atoms with van der Waals surface area (Å²) in [5, 5.41) is 11.8. The quantitative estimate of drug-likeness (QED) is 0.830. The smallest absolute Gasteiger partial charge is 0.255 e. The molecule has 0 saturated heterocycles. The van der Waals surface area contributed by atoms with E-state index in [0.717, 1.165) is 18.8 Å². The largest absolute Gasteiger partial charge is 0.370 e. The van der Waals surface area contributed by atoms with Crippen molar-refractivity contribution in [2.75, 3.05) is 18.4 Å². The number of nitrogens with zero attached hydrogens (tertiary/aromatic N) is 3. The number of rotatable bonds is 7. The fourth-order valence-corrected chi connectivity index (χ4v) is 1.81. The molecule has 5 heteroatoms. The average molecular weight is 274 g/mol. The molecule has 0 unspecified atom stereocenters. The highest BCUT2D eigenvalue weighted by Crippen LogP contribution is 2.11. The van der Waals surface area contributed by atoms with Gasteiger partial charge in [0.25, 0.3) is 5.91 Å². The van der Waals surface area contributed by atoms with Crippen LogP contribution in [0.1, 0.15) is 44.0 Å². The van der Waals surface area contributed by atoms with E-state index in [1.54, 1.807) is 17.2 Å². The third-order valence-electron chi connectivity index (χ3n) is 2.92. The number of carbonyl (C=O) groups excluding carboxylic acids is 1. The van der Waals surface area contributed by atoms with Gasteiger partial charge < -0.3 is 10.2 Å². The Hall–Kier alpha value is -2.09. The van der Waals surface area contributed by atoms with Crippen molar-refractivity contribution >= 4 is 11.7 Å². The second kappa shape index (κ2) is 8.16. The van der Waals surface area contributed by atoms with Crippen molar-refractivity contribution in [1.29, 1.82) is 5.26 Å². The normalized spacial score (nSPS) is 10.2. The summed E-state index contributed by atoms with van der Waals surface area (Å²) in [6.45, 7) is 7.28. The van der Waals surface area contributed by atoms with Crippen LogP contribution in [0.4, 0.5) is 5.82 Å². The second-order valence-electron chi connectivity index (χ2n) is 4.86. The van der Waals surface area contributed by atoms with Gasteiger partial charge in [0.1, 0.15) is 5.82 Å². The Morgan fingerprint density at radius 2 is 2.25 bits per heavy atom. The molecule has 1 amide bonds. The molecule has 1 rings (SSSR count). The first-order chi connectivity index (χ1) is 9.60. The Morgan fingerprint density at radius 3 is 2.75 bits per heavy atom. The minimum Gasteiger partial charge on any atom is -0.370 e. The van der Waals surface area contributed by atoms with Crippen LogP contribution in [0.25, 0.3) is 0 Å². The molecular formula is C15H22N4O. The van der Waals surface area contributed by atoms with E-state index in [2.05, 4.69) is 23.3 Å². The molecule has 20 heavy (non-hydrogen) atoms. The minimum atomic E-state index is -0.0789. The van der Waals surface area contributed by atoms with Gasteiger partial charge in [0.15, 0.2) is 0 Å².